The summed E-state index contributed by atoms with van der Waals surface area (Å²) in [6, 6.07) is 4.54. The highest BCUT2D eigenvalue weighted by Gasteiger charge is 2.34. The van der Waals surface area contributed by atoms with E-state index in [0.717, 1.165) is 54.0 Å². The van der Waals surface area contributed by atoms with E-state index >= 15 is 0 Å². The van der Waals surface area contributed by atoms with Crippen LogP contribution in [0.15, 0.2) is 57.7 Å². The zero-order valence-corrected chi connectivity index (χ0v) is 37.2. The lowest BCUT2D eigenvalue weighted by Crippen LogP contribution is -1.96. The van der Waals surface area contributed by atoms with Gasteiger partial charge in [-0.05, 0) is 47.2 Å². The monoisotopic (exact) mass is 842 g/mol. The SMILES string of the molecule is CCCCCCCCCCCCSc1ccsc1-c1sc(-c2sc(-c3sccc3SCCCCCCCCCCCC)c3c2OC=CO3)c2c1OC=CO2. The second-order valence-electron chi connectivity index (χ2n) is 14.1. The maximum absolute atomic E-state index is 6.23. The molecule has 0 atom stereocenters. The molecule has 0 fully saturated rings. The van der Waals surface area contributed by atoms with E-state index in [1.165, 1.54) is 148 Å². The zero-order valence-electron chi connectivity index (χ0n) is 32.3. The molecule has 4 aromatic rings. The van der Waals surface area contributed by atoms with Gasteiger partial charge in [0.05, 0.1) is 29.3 Å². The van der Waals surface area contributed by atoms with Crippen LogP contribution in [0.25, 0.3) is 29.3 Å². The number of rotatable bonds is 27. The predicted molar refractivity (Wildman–Crippen MR) is 240 cm³/mol. The lowest BCUT2D eigenvalue weighted by atomic mass is 10.1. The third-order valence-electron chi connectivity index (χ3n) is 9.89. The van der Waals surface area contributed by atoms with Crippen molar-refractivity contribution in [2.45, 2.75) is 152 Å². The van der Waals surface area contributed by atoms with Crippen LogP contribution in [0, 0.1) is 0 Å². The number of thioether (sulfide) groups is 2. The second-order valence-corrected chi connectivity index (χ2v) is 20.3. The lowest BCUT2D eigenvalue weighted by Gasteiger charge is -2.12. The molecule has 0 aliphatic carbocycles. The summed E-state index contributed by atoms with van der Waals surface area (Å²) in [5.74, 6) is 5.37. The van der Waals surface area contributed by atoms with E-state index in [1.54, 1.807) is 70.4 Å². The Hall–Kier alpha value is -1.82. The van der Waals surface area contributed by atoms with Gasteiger partial charge in [-0.25, -0.2) is 0 Å². The van der Waals surface area contributed by atoms with E-state index in [4.69, 9.17) is 18.9 Å². The molecule has 6 heterocycles. The van der Waals surface area contributed by atoms with Crippen molar-refractivity contribution in [2.75, 3.05) is 11.5 Å². The highest BCUT2D eigenvalue weighted by molar-refractivity contribution is 7.99. The van der Waals surface area contributed by atoms with E-state index in [0.29, 0.717) is 0 Å². The summed E-state index contributed by atoms with van der Waals surface area (Å²) >= 11 is 11.0. The zero-order chi connectivity index (χ0) is 37.2. The van der Waals surface area contributed by atoms with Crippen molar-refractivity contribution in [3.8, 4) is 52.3 Å². The van der Waals surface area contributed by atoms with Crippen molar-refractivity contribution in [3.63, 3.8) is 0 Å². The maximum Gasteiger partial charge on any atom is 0.189 e. The molecular formula is C44H58O4S6. The molecule has 0 bridgehead atoms. The Morgan fingerprint density at radius 1 is 0.389 bits per heavy atom. The van der Waals surface area contributed by atoms with Gasteiger partial charge in [0.1, 0.15) is 25.0 Å². The molecule has 4 aromatic heterocycles. The molecule has 0 N–H and O–H groups in total. The average Bonchev–Trinajstić information content (AvgIpc) is 4.01. The Morgan fingerprint density at radius 3 is 1.02 bits per heavy atom. The first kappa shape index (κ1) is 41.8. The van der Waals surface area contributed by atoms with Gasteiger partial charge in [0.2, 0.25) is 0 Å². The van der Waals surface area contributed by atoms with Gasteiger partial charge in [-0.2, -0.15) is 0 Å². The maximum atomic E-state index is 6.23. The minimum Gasteiger partial charge on any atom is -0.456 e. The summed E-state index contributed by atoms with van der Waals surface area (Å²) in [7, 11) is 0. The van der Waals surface area contributed by atoms with Gasteiger partial charge in [0, 0.05) is 9.79 Å². The van der Waals surface area contributed by atoms with Gasteiger partial charge in [-0.15, -0.1) is 68.9 Å². The van der Waals surface area contributed by atoms with Gasteiger partial charge in [0.25, 0.3) is 0 Å². The highest BCUT2D eigenvalue weighted by atomic mass is 32.2. The Bertz CT molecular complexity index is 1620. The summed E-state index contributed by atoms with van der Waals surface area (Å²) in [6.45, 7) is 4.58. The van der Waals surface area contributed by atoms with Gasteiger partial charge in [-0.3, -0.25) is 0 Å². The molecule has 2 aliphatic heterocycles. The first-order chi connectivity index (χ1) is 26.8. The van der Waals surface area contributed by atoms with Crippen LogP contribution in [-0.4, -0.2) is 11.5 Å². The number of hydrogen-bond acceptors (Lipinski definition) is 10. The molecule has 294 valence electrons. The predicted octanol–water partition coefficient (Wildman–Crippen LogP) is 17.4. The van der Waals surface area contributed by atoms with E-state index in [1.807, 2.05) is 23.5 Å². The Balaban J connectivity index is 1.09. The quantitative estimate of drug-likeness (QED) is 0.0440. The van der Waals surface area contributed by atoms with Crippen LogP contribution >= 0.6 is 68.9 Å². The van der Waals surface area contributed by atoms with Crippen molar-refractivity contribution < 1.29 is 18.9 Å². The molecule has 0 aromatic carbocycles. The summed E-state index contributed by atoms with van der Waals surface area (Å²) in [6.07, 6.45) is 33.8. The minimum atomic E-state index is 0.757. The number of fused-ring (bicyclic) bond motifs is 2. The molecular weight excluding hydrogens is 785 g/mol. The topological polar surface area (TPSA) is 36.9 Å². The highest BCUT2D eigenvalue weighted by Crippen LogP contribution is 2.63. The van der Waals surface area contributed by atoms with Crippen molar-refractivity contribution in [1.82, 2.24) is 0 Å². The molecule has 0 radical (unpaired) electrons. The van der Waals surface area contributed by atoms with E-state index in [9.17, 15) is 0 Å². The van der Waals surface area contributed by atoms with Crippen molar-refractivity contribution >= 4 is 68.9 Å². The fraction of sp³-hybridized carbons (Fsp3) is 0.545. The lowest BCUT2D eigenvalue weighted by molar-refractivity contribution is 0.363. The Kier molecular flexibility index (Phi) is 18.1. The summed E-state index contributed by atoms with van der Waals surface area (Å²) < 4.78 is 24.9. The van der Waals surface area contributed by atoms with Crippen LogP contribution in [0.3, 0.4) is 0 Å². The van der Waals surface area contributed by atoms with E-state index < -0.39 is 0 Å². The number of ether oxygens (including phenoxy) is 4. The summed E-state index contributed by atoms with van der Waals surface area (Å²) in [5.41, 5.74) is 0. The first-order valence-electron chi connectivity index (χ1n) is 20.5. The fourth-order valence-electron chi connectivity index (χ4n) is 6.91. The molecule has 0 amide bonds. The Morgan fingerprint density at radius 2 is 0.685 bits per heavy atom. The molecule has 0 spiro atoms. The van der Waals surface area contributed by atoms with Crippen LogP contribution in [0.2, 0.25) is 0 Å². The van der Waals surface area contributed by atoms with Gasteiger partial charge < -0.3 is 18.9 Å². The van der Waals surface area contributed by atoms with Gasteiger partial charge in [0.15, 0.2) is 23.0 Å². The summed E-state index contributed by atoms with van der Waals surface area (Å²) in [5, 5.41) is 4.42. The molecule has 0 saturated carbocycles. The van der Waals surface area contributed by atoms with Crippen molar-refractivity contribution in [1.29, 1.82) is 0 Å². The van der Waals surface area contributed by atoms with Crippen LogP contribution in [0.4, 0.5) is 0 Å². The molecule has 10 heteroatoms. The van der Waals surface area contributed by atoms with Gasteiger partial charge in [-0.1, -0.05) is 129 Å². The van der Waals surface area contributed by atoms with Crippen LogP contribution in [-0.2, 0) is 0 Å². The molecule has 54 heavy (non-hydrogen) atoms. The van der Waals surface area contributed by atoms with Crippen LogP contribution < -0.4 is 18.9 Å². The molecule has 2 aliphatic rings. The third-order valence-corrected chi connectivity index (χ3v) is 17.1. The fourth-order valence-corrected chi connectivity index (χ4v) is 14.1. The van der Waals surface area contributed by atoms with Gasteiger partial charge >= 0.3 is 0 Å². The number of thiophene rings is 4. The average molecular weight is 843 g/mol. The number of unbranched alkanes of at least 4 members (excludes halogenated alkanes) is 18. The van der Waals surface area contributed by atoms with Crippen molar-refractivity contribution in [2.24, 2.45) is 0 Å². The van der Waals surface area contributed by atoms with Crippen molar-refractivity contribution in [3.05, 3.63) is 47.9 Å². The summed E-state index contributed by atoms with van der Waals surface area (Å²) in [4.78, 5) is 9.43. The molecule has 0 saturated heterocycles. The molecule has 0 unspecified atom stereocenters. The molecule has 6 rings (SSSR count). The largest absolute Gasteiger partial charge is 0.456 e. The standard InChI is InChI=1S/C44H58O4S6/c1-3-5-7-9-11-13-15-17-19-21-29-49-33-23-31-51-39(33)41-35-37(47-27-25-45-35)43(53-41)44-38-36(46-26-28-48-38)42(54-44)40-34(24-32-52-40)50-30-22-20-18-16-14-12-10-8-6-4-2/h23-28,31-32H,3-22,29-30H2,1-2H3. The van der Waals surface area contributed by atoms with E-state index in [-0.39, 0.29) is 0 Å². The first-order valence-corrected chi connectivity index (χ1v) is 25.9. The number of hydrogen-bond donors (Lipinski definition) is 0. The molecule has 4 nitrogen and oxygen atoms in total. The minimum absolute atomic E-state index is 0.757. The van der Waals surface area contributed by atoms with Crippen LogP contribution in [0.1, 0.15) is 142 Å². The normalized spacial score (nSPS) is 13.0. The second kappa shape index (κ2) is 23.4. The van der Waals surface area contributed by atoms with Crippen LogP contribution in [0.5, 0.6) is 23.0 Å². The van der Waals surface area contributed by atoms with E-state index in [2.05, 4.69) is 36.7 Å². The Labute approximate surface area is 349 Å². The third kappa shape index (κ3) is 11.6. The smallest absolute Gasteiger partial charge is 0.189 e.